The van der Waals surface area contributed by atoms with E-state index in [2.05, 4.69) is 82.7 Å². The van der Waals surface area contributed by atoms with E-state index in [1.54, 1.807) is 0 Å². The lowest BCUT2D eigenvalue weighted by atomic mass is 10.0. The Bertz CT molecular complexity index is 1280. The van der Waals surface area contributed by atoms with Gasteiger partial charge in [0, 0.05) is 21.0 Å². The lowest BCUT2D eigenvalue weighted by Crippen LogP contribution is -1.95. The van der Waals surface area contributed by atoms with Gasteiger partial charge in [-0.15, -0.1) is 0 Å². The molecule has 0 saturated carbocycles. The lowest BCUT2D eigenvalue weighted by molar-refractivity contribution is 1.23. The van der Waals surface area contributed by atoms with E-state index in [9.17, 15) is 0 Å². The number of aromatic nitrogens is 2. The summed E-state index contributed by atoms with van der Waals surface area (Å²) in [5.41, 5.74) is 6.37. The minimum Gasteiger partial charge on any atom is -0.228 e. The monoisotopic (exact) mass is 436 g/mol. The van der Waals surface area contributed by atoms with Crippen molar-refractivity contribution in [3.8, 4) is 33.8 Å². The van der Waals surface area contributed by atoms with E-state index in [-0.39, 0.29) is 0 Å². The van der Waals surface area contributed by atoms with Crippen LogP contribution in [0, 0.1) is 0 Å². The summed E-state index contributed by atoms with van der Waals surface area (Å²) in [7, 11) is 0. The summed E-state index contributed by atoms with van der Waals surface area (Å²) in [6.45, 7) is 0. The first kappa shape index (κ1) is 17.8. The number of hydrogen-bond acceptors (Lipinski definition) is 2. The van der Waals surface area contributed by atoms with Crippen molar-refractivity contribution in [2.24, 2.45) is 0 Å². The molecule has 3 heteroatoms. The van der Waals surface area contributed by atoms with Crippen molar-refractivity contribution >= 4 is 26.8 Å². The smallest absolute Gasteiger partial charge is 0.160 e. The van der Waals surface area contributed by atoms with Crippen LogP contribution in [0.25, 0.3) is 44.7 Å². The van der Waals surface area contributed by atoms with Crippen molar-refractivity contribution in [1.29, 1.82) is 0 Å². The molecule has 0 atom stereocenters. The number of benzene rings is 4. The number of para-hydroxylation sites is 1. The van der Waals surface area contributed by atoms with Crippen molar-refractivity contribution < 1.29 is 0 Å². The van der Waals surface area contributed by atoms with E-state index in [1.165, 1.54) is 11.1 Å². The molecule has 4 aromatic carbocycles. The molecule has 5 rings (SSSR count). The molecule has 0 N–H and O–H groups in total. The number of halogens is 1. The minimum absolute atomic E-state index is 0.737. The van der Waals surface area contributed by atoms with E-state index in [0.717, 1.165) is 38.0 Å². The number of rotatable bonds is 3. The van der Waals surface area contributed by atoms with Gasteiger partial charge in [-0.3, -0.25) is 0 Å². The lowest BCUT2D eigenvalue weighted by Gasteiger charge is -2.10. The highest BCUT2D eigenvalue weighted by molar-refractivity contribution is 9.10. The molecule has 1 heterocycles. The second-order valence-corrected chi connectivity index (χ2v) is 7.78. The Balaban J connectivity index is 1.63. The maximum atomic E-state index is 4.95. The largest absolute Gasteiger partial charge is 0.228 e. The Hall–Kier alpha value is -3.30. The molecule has 0 aliphatic carbocycles. The molecule has 5 aromatic rings. The van der Waals surface area contributed by atoms with Crippen molar-refractivity contribution in [3.63, 3.8) is 0 Å². The van der Waals surface area contributed by atoms with E-state index in [0.29, 0.717) is 0 Å². The zero-order valence-corrected chi connectivity index (χ0v) is 17.2. The highest BCUT2D eigenvalue weighted by Crippen LogP contribution is 2.30. The fourth-order valence-electron chi connectivity index (χ4n) is 3.48. The van der Waals surface area contributed by atoms with E-state index >= 15 is 0 Å². The second-order valence-electron chi connectivity index (χ2n) is 6.86. The second kappa shape index (κ2) is 7.61. The van der Waals surface area contributed by atoms with Gasteiger partial charge < -0.3 is 0 Å². The number of nitrogens with zero attached hydrogens (tertiary/aromatic N) is 2. The molecule has 0 fully saturated rings. The predicted octanol–water partition coefficient (Wildman–Crippen LogP) is 7.39. The van der Waals surface area contributed by atoms with Gasteiger partial charge in [0.05, 0.1) is 11.2 Å². The van der Waals surface area contributed by atoms with Gasteiger partial charge in [-0.2, -0.15) is 0 Å². The normalized spacial score (nSPS) is 10.9. The quantitative estimate of drug-likeness (QED) is 0.294. The van der Waals surface area contributed by atoms with Crippen LogP contribution in [0.1, 0.15) is 0 Å². The van der Waals surface area contributed by atoms with E-state index in [4.69, 9.17) is 9.97 Å². The van der Waals surface area contributed by atoms with Gasteiger partial charge in [-0.25, -0.2) is 9.97 Å². The highest BCUT2D eigenvalue weighted by Gasteiger charge is 2.11. The molecule has 29 heavy (non-hydrogen) atoms. The third-order valence-corrected chi connectivity index (χ3v) is 5.50. The van der Waals surface area contributed by atoms with Crippen LogP contribution in [0.5, 0.6) is 0 Å². The average Bonchev–Trinajstić information content (AvgIpc) is 2.80. The molecule has 0 radical (unpaired) electrons. The summed E-state index contributed by atoms with van der Waals surface area (Å²) in [5, 5.41) is 1.06. The first-order valence-electron chi connectivity index (χ1n) is 9.46. The number of hydrogen-bond donors (Lipinski definition) is 0. The molecule has 0 bridgehead atoms. The summed E-state index contributed by atoms with van der Waals surface area (Å²) < 4.78 is 1.05. The van der Waals surface area contributed by atoms with Gasteiger partial charge in [-0.05, 0) is 29.3 Å². The summed E-state index contributed by atoms with van der Waals surface area (Å²) in [6.07, 6.45) is 0. The Kier molecular flexibility index (Phi) is 4.66. The zero-order valence-electron chi connectivity index (χ0n) is 15.6. The first-order valence-corrected chi connectivity index (χ1v) is 10.3. The summed E-state index contributed by atoms with van der Waals surface area (Å²) in [6, 6.07) is 35.2. The molecule has 1 aromatic heterocycles. The van der Waals surface area contributed by atoms with Crippen molar-refractivity contribution in [2.45, 2.75) is 0 Å². The van der Waals surface area contributed by atoms with Gasteiger partial charge in [0.15, 0.2) is 5.82 Å². The van der Waals surface area contributed by atoms with Crippen molar-refractivity contribution in [3.05, 3.63) is 108 Å². The highest BCUT2D eigenvalue weighted by atomic mass is 79.9. The van der Waals surface area contributed by atoms with E-state index < -0.39 is 0 Å². The average molecular weight is 437 g/mol. The maximum Gasteiger partial charge on any atom is 0.160 e. The standard InChI is InChI=1S/C26H17BrN2/c27-22-16-14-20(15-17-22)25-23-8-4-5-9-24(23)28-26(29-25)21-12-10-19(11-13-21)18-6-2-1-3-7-18/h1-17H. The topological polar surface area (TPSA) is 25.8 Å². The van der Waals surface area contributed by atoms with Gasteiger partial charge in [0.25, 0.3) is 0 Å². The third-order valence-electron chi connectivity index (χ3n) is 4.97. The molecule has 0 aliphatic rings. The van der Waals surface area contributed by atoms with Crippen LogP contribution < -0.4 is 0 Å². The van der Waals surface area contributed by atoms with Gasteiger partial charge in [0.2, 0.25) is 0 Å². The maximum absolute atomic E-state index is 4.95. The fraction of sp³-hybridized carbons (Fsp3) is 0. The van der Waals surface area contributed by atoms with Crippen LogP contribution in [-0.4, -0.2) is 9.97 Å². The minimum atomic E-state index is 0.737. The van der Waals surface area contributed by atoms with Crippen LogP contribution in [0.2, 0.25) is 0 Å². The molecule has 0 amide bonds. The Labute approximate surface area is 178 Å². The number of fused-ring (bicyclic) bond motifs is 1. The van der Waals surface area contributed by atoms with Gasteiger partial charge in [0.1, 0.15) is 0 Å². The van der Waals surface area contributed by atoms with Crippen LogP contribution in [-0.2, 0) is 0 Å². The molecule has 138 valence electrons. The summed E-state index contributed by atoms with van der Waals surface area (Å²) >= 11 is 3.51. The van der Waals surface area contributed by atoms with Crippen LogP contribution in [0.4, 0.5) is 0 Å². The third kappa shape index (κ3) is 3.57. The first-order chi connectivity index (χ1) is 14.3. The molecule has 0 aliphatic heterocycles. The van der Waals surface area contributed by atoms with Crippen LogP contribution in [0.3, 0.4) is 0 Å². The molecule has 2 nitrogen and oxygen atoms in total. The molecule has 0 spiro atoms. The Morgan fingerprint density at radius 1 is 0.483 bits per heavy atom. The zero-order chi connectivity index (χ0) is 19.6. The van der Waals surface area contributed by atoms with Crippen LogP contribution in [0.15, 0.2) is 108 Å². The Morgan fingerprint density at radius 3 is 1.83 bits per heavy atom. The predicted molar refractivity (Wildman–Crippen MR) is 124 cm³/mol. The summed E-state index contributed by atoms with van der Waals surface area (Å²) in [5.74, 6) is 0.737. The molecule has 0 saturated heterocycles. The van der Waals surface area contributed by atoms with E-state index in [1.807, 2.05) is 36.4 Å². The van der Waals surface area contributed by atoms with Crippen molar-refractivity contribution in [1.82, 2.24) is 9.97 Å². The molecular formula is C26H17BrN2. The SMILES string of the molecule is Brc1ccc(-c2nc(-c3ccc(-c4ccccc4)cc3)nc3ccccc23)cc1. The summed E-state index contributed by atoms with van der Waals surface area (Å²) in [4.78, 5) is 9.78. The molecule has 0 unspecified atom stereocenters. The van der Waals surface area contributed by atoms with Gasteiger partial charge in [-0.1, -0.05) is 101 Å². The van der Waals surface area contributed by atoms with Crippen molar-refractivity contribution in [2.75, 3.05) is 0 Å². The van der Waals surface area contributed by atoms with Gasteiger partial charge >= 0.3 is 0 Å². The van der Waals surface area contributed by atoms with Crippen LogP contribution >= 0.6 is 15.9 Å². The Morgan fingerprint density at radius 2 is 1.07 bits per heavy atom. The molecular weight excluding hydrogens is 420 g/mol. The fourth-order valence-corrected chi connectivity index (χ4v) is 3.74.